The van der Waals surface area contributed by atoms with Crippen LogP contribution in [0, 0.1) is 0 Å². The van der Waals surface area contributed by atoms with Crippen LogP contribution in [-0.2, 0) is 0 Å². The second kappa shape index (κ2) is 5.52. The summed E-state index contributed by atoms with van der Waals surface area (Å²) in [5, 5.41) is 6.48. The van der Waals surface area contributed by atoms with Gasteiger partial charge in [-0.05, 0) is 34.1 Å². The minimum Gasteiger partial charge on any atom is -0.304 e. The van der Waals surface area contributed by atoms with Crippen molar-refractivity contribution in [2.45, 2.75) is 13.0 Å². The minimum absolute atomic E-state index is 0.134. The van der Waals surface area contributed by atoms with Gasteiger partial charge >= 0.3 is 0 Å². The average molecular weight is 298 g/mol. The smallest absolute Gasteiger partial charge is 0.114 e. The van der Waals surface area contributed by atoms with Crippen molar-refractivity contribution in [2.24, 2.45) is 0 Å². The van der Waals surface area contributed by atoms with E-state index in [2.05, 4.69) is 44.2 Å². The van der Waals surface area contributed by atoms with E-state index in [4.69, 9.17) is 0 Å². The molecule has 5 heteroatoms. The van der Waals surface area contributed by atoms with Crippen LogP contribution in [0.25, 0.3) is 0 Å². The quantitative estimate of drug-likeness (QED) is 0.943. The lowest BCUT2D eigenvalue weighted by Gasteiger charge is -2.15. The second-order valence-corrected chi connectivity index (χ2v) is 5.14. The molecule has 0 amide bonds. The van der Waals surface area contributed by atoms with Crippen LogP contribution in [0.1, 0.15) is 23.5 Å². The summed E-state index contributed by atoms with van der Waals surface area (Å²) < 4.78 is 0.990. The first-order valence-corrected chi connectivity index (χ1v) is 6.71. The van der Waals surface area contributed by atoms with Gasteiger partial charge in [0.2, 0.25) is 0 Å². The molecule has 0 spiro atoms. The van der Waals surface area contributed by atoms with Gasteiger partial charge in [0, 0.05) is 28.4 Å². The van der Waals surface area contributed by atoms with Gasteiger partial charge in [-0.1, -0.05) is 6.92 Å². The zero-order valence-corrected chi connectivity index (χ0v) is 11.3. The van der Waals surface area contributed by atoms with E-state index in [1.54, 1.807) is 17.5 Å². The maximum atomic E-state index is 4.35. The van der Waals surface area contributed by atoms with E-state index in [0.29, 0.717) is 0 Å². The lowest BCUT2D eigenvalue weighted by Crippen LogP contribution is -2.21. The molecule has 0 aliphatic carbocycles. The van der Waals surface area contributed by atoms with Crippen LogP contribution >= 0.6 is 27.3 Å². The van der Waals surface area contributed by atoms with E-state index >= 15 is 0 Å². The third kappa shape index (κ3) is 2.66. The monoisotopic (exact) mass is 297 g/mol. The maximum absolute atomic E-state index is 4.35. The standard InChI is InChI=1S/C11H12BrN3S/c1-2-14-10(11-15-3-4-16-11)8-5-9(12)7-13-6-8/h3-7,10,14H,2H2,1H3. The summed E-state index contributed by atoms with van der Waals surface area (Å²) in [6.07, 6.45) is 5.49. The van der Waals surface area contributed by atoms with Crippen molar-refractivity contribution in [2.75, 3.05) is 6.54 Å². The van der Waals surface area contributed by atoms with Gasteiger partial charge in [-0.3, -0.25) is 4.98 Å². The fraction of sp³-hybridized carbons (Fsp3) is 0.273. The Hall–Kier alpha value is -0.780. The number of nitrogens with one attached hydrogen (secondary N) is 1. The molecular weight excluding hydrogens is 286 g/mol. The number of halogens is 1. The molecule has 1 unspecified atom stereocenters. The van der Waals surface area contributed by atoms with Crippen LogP contribution in [0.4, 0.5) is 0 Å². The van der Waals surface area contributed by atoms with E-state index in [9.17, 15) is 0 Å². The zero-order chi connectivity index (χ0) is 11.4. The number of hydrogen-bond acceptors (Lipinski definition) is 4. The first-order chi connectivity index (χ1) is 7.81. The summed E-state index contributed by atoms with van der Waals surface area (Å²) in [5.74, 6) is 0. The molecule has 2 aromatic rings. The molecule has 2 heterocycles. The predicted octanol–water partition coefficient (Wildman–Crippen LogP) is 3.00. The predicted molar refractivity (Wildman–Crippen MR) is 69.6 cm³/mol. The molecule has 0 fully saturated rings. The third-order valence-electron chi connectivity index (χ3n) is 2.17. The summed E-state index contributed by atoms with van der Waals surface area (Å²) >= 11 is 5.09. The average Bonchev–Trinajstić information content (AvgIpc) is 2.79. The van der Waals surface area contributed by atoms with Crippen molar-refractivity contribution in [1.82, 2.24) is 15.3 Å². The molecule has 16 heavy (non-hydrogen) atoms. The molecule has 0 aliphatic rings. The summed E-state index contributed by atoms with van der Waals surface area (Å²) in [7, 11) is 0. The van der Waals surface area contributed by atoms with Crippen molar-refractivity contribution in [3.63, 3.8) is 0 Å². The molecule has 0 radical (unpaired) electrons. The van der Waals surface area contributed by atoms with Gasteiger partial charge in [-0.25, -0.2) is 4.98 Å². The van der Waals surface area contributed by atoms with Crippen LogP contribution in [-0.4, -0.2) is 16.5 Å². The van der Waals surface area contributed by atoms with E-state index in [1.807, 2.05) is 17.8 Å². The Morgan fingerprint density at radius 1 is 1.50 bits per heavy atom. The van der Waals surface area contributed by atoms with Gasteiger partial charge in [0.25, 0.3) is 0 Å². The highest BCUT2D eigenvalue weighted by molar-refractivity contribution is 9.10. The number of hydrogen-bond donors (Lipinski definition) is 1. The van der Waals surface area contributed by atoms with Crippen molar-refractivity contribution < 1.29 is 0 Å². The summed E-state index contributed by atoms with van der Waals surface area (Å²) in [6.45, 7) is 2.99. The fourth-order valence-corrected chi connectivity index (χ4v) is 2.64. The van der Waals surface area contributed by atoms with E-state index in [-0.39, 0.29) is 6.04 Å². The summed E-state index contributed by atoms with van der Waals surface area (Å²) in [6, 6.07) is 2.21. The number of rotatable bonds is 4. The van der Waals surface area contributed by atoms with Gasteiger partial charge in [0.1, 0.15) is 5.01 Å². The van der Waals surface area contributed by atoms with Crippen LogP contribution in [0.5, 0.6) is 0 Å². The van der Waals surface area contributed by atoms with Gasteiger partial charge in [0.15, 0.2) is 0 Å². The Labute approximate surface area is 107 Å². The van der Waals surface area contributed by atoms with Crippen LogP contribution in [0.2, 0.25) is 0 Å². The molecule has 0 saturated carbocycles. The summed E-state index contributed by atoms with van der Waals surface area (Å²) in [5.41, 5.74) is 1.13. The number of nitrogens with zero attached hydrogens (tertiary/aromatic N) is 2. The number of thiazole rings is 1. The van der Waals surface area contributed by atoms with E-state index in [1.165, 1.54) is 0 Å². The highest BCUT2D eigenvalue weighted by Crippen LogP contribution is 2.24. The molecule has 0 aromatic carbocycles. The zero-order valence-electron chi connectivity index (χ0n) is 8.85. The number of aromatic nitrogens is 2. The Bertz CT molecular complexity index is 444. The van der Waals surface area contributed by atoms with Crippen LogP contribution in [0.3, 0.4) is 0 Å². The van der Waals surface area contributed by atoms with Gasteiger partial charge in [0.05, 0.1) is 6.04 Å². The molecule has 0 aliphatic heterocycles. The van der Waals surface area contributed by atoms with Gasteiger partial charge in [-0.15, -0.1) is 11.3 Å². The molecule has 1 atom stereocenters. The molecule has 0 bridgehead atoms. The lowest BCUT2D eigenvalue weighted by molar-refractivity contribution is 0.625. The van der Waals surface area contributed by atoms with Crippen LogP contribution in [0.15, 0.2) is 34.5 Å². The third-order valence-corrected chi connectivity index (χ3v) is 3.44. The van der Waals surface area contributed by atoms with Crippen LogP contribution < -0.4 is 5.32 Å². The topological polar surface area (TPSA) is 37.8 Å². The molecule has 0 saturated heterocycles. The Kier molecular flexibility index (Phi) is 4.04. The van der Waals surface area contributed by atoms with Crippen molar-refractivity contribution in [1.29, 1.82) is 0 Å². The molecule has 2 rings (SSSR count). The molecule has 1 N–H and O–H groups in total. The highest BCUT2D eigenvalue weighted by atomic mass is 79.9. The molecular formula is C11H12BrN3S. The SMILES string of the molecule is CCNC(c1cncc(Br)c1)c1nccs1. The van der Waals surface area contributed by atoms with E-state index in [0.717, 1.165) is 21.6 Å². The maximum Gasteiger partial charge on any atom is 0.114 e. The second-order valence-electron chi connectivity index (χ2n) is 3.30. The van der Waals surface area contributed by atoms with Crippen molar-refractivity contribution in [3.8, 4) is 0 Å². The highest BCUT2D eigenvalue weighted by Gasteiger charge is 2.15. The fourth-order valence-electron chi connectivity index (χ4n) is 1.52. The van der Waals surface area contributed by atoms with Crippen molar-refractivity contribution in [3.05, 3.63) is 45.1 Å². The Morgan fingerprint density at radius 2 is 2.38 bits per heavy atom. The Morgan fingerprint density at radius 3 is 3.00 bits per heavy atom. The lowest BCUT2D eigenvalue weighted by atomic mass is 10.1. The molecule has 3 nitrogen and oxygen atoms in total. The first-order valence-electron chi connectivity index (χ1n) is 5.04. The number of pyridine rings is 1. The molecule has 2 aromatic heterocycles. The van der Waals surface area contributed by atoms with Crippen molar-refractivity contribution >= 4 is 27.3 Å². The summed E-state index contributed by atoms with van der Waals surface area (Å²) in [4.78, 5) is 8.54. The van der Waals surface area contributed by atoms with E-state index < -0.39 is 0 Å². The minimum atomic E-state index is 0.134. The largest absolute Gasteiger partial charge is 0.304 e. The molecule has 84 valence electrons. The first kappa shape index (κ1) is 11.7. The van der Waals surface area contributed by atoms with Gasteiger partial charge in [-0.2, -0.15) is 0 Å². The van der Waals surface area contributed by atoms with Gasteiger partial charge < -0.3 is 5.32 Å². The Balaban J connectivity index is 2.33. The normalized spacial score (nSPS) is 12.6.